The Morgan fingerprint density at radius 3 is 2.65 bits per heavy atom. The first kappa shape index (κ1) is 22.5. The number of fused-ring (bicyclic) bond motifs is 2. The van der Waals surface area contributed by atoms with Gasteiger partial charge in [-0.25, -0.2) is 14.5 Å². The molecule has 0 unspecified atom stereocenters. The van der Waals surface area contributed by atoms with E-state index in [-0.39, 0.29) is 29.0 Å². The molecule has 0 N–H and O–H groups in total. The molecule has 5 heterocycles. The Balaban J connectivity index is 1.37. The first-order chi connectivity index (χ1) is 16.1. The zero-order valence-electron chi connectivity index (χ0n) is 19.3. The number of halogens is 3. The number of hydrogen-bond donors (Lipinski definition) is 0. The summed E-state index contributed by atoms with van der Waals surface area (Å²) >= 11 is 0. The van der Waals surface area contributed by atoms with Gasteiger partial charge in [-0.2, -0.15) is 13.2 Å². The van der Waals surface area contributed by atoms with E-state index in [0.29, 0.717) is 12.3 Å². The number of rotatable bonds is 2. The highest BCUT2D eigenvalue weighted by atomic mass is 19.4. The molecule has 7 nitrogen and oxygen atoms in total. The van der Waals surface area contributed by atoms with Crippen LogP contribution in [-0.4, -0.2) is 32.7 Å². The molecule has 5 aliphatic rings. The summed E-state index contributed by atoms with van der Waals surface area (Å²) in [6.07, 6.45) is -0.580. The fourth-order valence-electron chi connectivity index (χ4n) is 6.67. The summed E-state index contributed by atoms with van der Waals surface area (Å²) in [7, 11) is 0. The molecule has 1 aliphatic carbocycles. The van der Waals surface area contributed by atoms with Crippen molar-refractivity contribution in [1.29, 1.82) is 0 Å². The third kappa shape index (κ3) is 3.18. The summed E-state index contributed by atoms with van der Waals surface area (Å²) in [5.41, 5.74) is -1.32. The van der Waals surface area contributed by atoms with Crippen LogP contribution in [0.3, 0.4) is 0 Å². The van der Waals surface area contributed by atoms with E-state index in [2.05, 4.69) is 24.2 Å². The standard InChI is InChI=1S/C24H28F3N3O4/c1-13-8-9-17-14(2)20(31-21-23(17)16(13)10-11-22(3,32-21)33-34-23)30-12-19(28-29-30)15-6-4-5-7-18(15)24(25,26)27/h4-7,12-14,16-17,20-21H,8-11H2,1-3H3/t13-,14-,16+,17+,20-,21-,22-,23-/m1/s1. The lowest BCUT2D eigenvalue weighted by atomic mass is 9.58. The molecule has 1 saturated carbocycles. The number of nitrogens with zero attached hydrogens (tertiary/aromatic N) is 3. The van der Waals surface area contributed by atoms with E-state index < -0.39 is 35.6 Å². The fourth-order valence-corrected chi connectivity index (χ4v) is 6.67. The Kier molecular flexibility index (Phi) is 4.95. The van der Waals surface area contributed by atoms with Crippen LogP contribution in [0.15, 0.2) is 30.5 Å². The lowest BCUT2D eigenvalue weighted by molar-refractivity contribution is -0.574. The molecule has 0 radical (unpaired) electrons. The van der Waals surface area contributed by atoms with Gasteiger partial charge in [-0.15, -0.1) is 5.10 Å². The van der Waals surface area contributed by atoms with Gasteiger partial charge >= 0.3 is 6.18 Å². The summed E-state index contributed by atoms with van der Waals surface area (Å²) in [5, 5.41) is 8.28. The van der Waals surface area contributed by atoms with Crippen molar-refractivity contribution in [2.45, 2.75) is 76.5 Å². The first-order valence-electron chi connectivity index (χ1n) is 11.9. The highest BCUT2D eigenvalue weighted by molar-refractivity contribution is 5.63. The minimum absolute atomic E-state index is 0.0123. The zero-order chi connectivity index (χ0) is 23.9. The maximum absolute atomic E-state index is 13.6. The zero-order valence-corrected chi connectivity index (χ0v) is 19.3. The number of ether oxygens (including phenoxy) is 2. The van der Waals surface area contributed by atoms with Gasteiger partial charge < -0.3 is 9.47 Å². The van der Waals surface area contributed by atoms with Crippen LogP contribution in [0.1, 0.15) is 58.2 Å². The van der Waals surface area contributed by atoms with E-state index in [0.717, 1.165) is 25.3 Å². The molecular formula is C24H28F3N3O4. The van der Waals surface area contributed by atoms with E-state index in [1.54, 1.807) is 6.07 Å². The Labute approximate surface area is 195 Å². The normalized spacial score (nSPS) is 41.7. The summed E-state index contributed by atoms with van der Waals surface area (Å²) in [6, 6.07) is 5.38. The molecule has 2 aromatic rings. The summed E-state index contributed by atoms with van der Waals surface area (Å²) < 4.78 is 55.0. The summed E-state index contributed by atoms with van der Waals surface area (Å²) in [6.45, 7) is 6.17. The van der Waals surface area contributed by atoms with Gasteiger partial charge in [-0.05, 0) is 44.1 Å². The van der Waals surface area contributed by atoms with Gasteiger partial charge in [0.25, 0.3) is 0 Å². The summed E-state index contributed by atoms with van der Waals surface area (Å²) in [4.78, 5) is 12.0. The highest BCUT2D eigenvalue weighted by Gasteiger charge is 2.69. The van der Waals surface area contributed by atoms with Crippen LogP contribution in [0.2, 0.25) is 0 Å². The van der Waals surface area contributed by atoms with Crippen molar-refractivity contribution in [1.82, 2.24) is 15.0 Å². The second-order valence-electron chi connectivity index (χ2n) is 10.4. The second kappa shape index (κ2) is 7.49. The molecule has 7 rings (SSSR count). The van der Waals surface area contributed by atoms with Gasteiger partial charge in [-0.3, -0.25) is 0 Å². The van der Waals surface area contributed by atoms with E-state index in [1.165, 1.54) is 23.0 Å². The van der Waals surface area contributed by atoms with E-state index in [1.807, 2.05) is 6.92 Å². The van der Waals surface area contributed by atoms with Gasteiger partial charge in [0.15, 0.2) is 18.1 Å². The number of benzene rings is 1. The van der Waals surface area contributed by atoms with E-state index in [4.69, 9.17) is 19.2 Å². The third-order valence-corrected chi connectivity index (χ3v) is 8.40. The molecular weight excluding hydrogens is 451 g/mol. The average molecular weight is 479 g/mol. The molecule has 10 heteroatoms. The Morgan fingerprint density at radius 1 is 1.06 bits per heavy atom. The number of hydrogen-bond acceptors (Lipinski definition) is 6. The number of alkyl halides is 3. The van der Waals surface area contributed by atoms with Crippen LogP contribution in [0.4, 0.5) is 13.2 Å². The molecule has 4 saturated heterocycles. The average Bonchev–Trinajstić information content (AvgIpc) is 3.17. The molecule has 5 fully saturated rings. The summed E-state index contributed by atoms with van der Waals surface area (Å²) in [5.74, 6) is -0.199. The van der Waals surface area contributed by atoms with Gasteiger partial charge in [-0.1, -0.05) is 37.3 Å². The predicted octanol–water partition coefficient (Wildman–Crippen LogP) is 5.34. The monoisotopic (exact) mass is 479 g/mol. The molecule has 34 heavy (non-hydrogen) atoms. The van der Waals surface area contributed by atoms with Crippen molar-refractivity contribution in [3.63, 3.8) is 0 Å². The first-order valence-corrected chi connectivity index (χ1v) is 11.9. The lowest BCUT2D eigenvalue weighted by Crippen LogP contribution is -2.69. The highest BCUT2D eigenvalue weighted by Crippen LogP contribution is 2.61. The Bertz CT molecular complexity index is 1090. The van der Waals surface area contributed by atoms with Gasteiger partial charge in [0.1, 0.15) is 5.69 Å². The Hall–Kier alpha value is -2.01. The molecule has 184 valence electrons. The molecule has 2 bridgehead atoms. The fraction of sp³-hybridized carbons (Fsp3) is 0.667. The predicted molar refractivity (Wildman–Crippen MR) is 113 cm³/mol. The maximum Gasteiger partial charge on any atom is 0.417 e. The largest absolute Gasteiger partial charge is 0.417 e. The van der Waals surface area contributed by atoms with Crippen LogP contribution >= 0.6 is 0 Å². The molecule has 0 amide bonds. The van der Waals surface area contributed by atoms with E-state index in [9.17, 15) is 13.2 Å². The minimum atomic E-state index is -4.49. The van der Waals surface area contributed by atoms with Crippen molar-refractivity contribution >= 4 is 0 Å². The van der Waals surface area contributed by atoms with Crippen LogP contribution in [-0.2, 0) is 25.4 Å². The van der Waals surface area contributed by atoms with Crippen LogP contribution in [0.5, 0.6) is 0 Å². The molecule has 1 aromatic heterocycles. The maximum atomic E-state index is 13.6. The molecule has 1 aromatic carbocycles. The topological polar surface area (TPSA) is 67.6 Å². The molecule has 4 aliphatic heterocycles. The van der Waals surface area contributed by atoms with Crippen LogP contribution in [0.25, 0.3) is 11.3 Å². The third-order valence-electron chi connectivity index (χ3n) is 8.40. The Morgan fingerprint density at radius 2 is 1.85 bits per heavy atom. The van der Waals surface area contributed by atoms with Crippen molar-refractivity contribution in [2.24, 2.45) is 23.7 Å². The van der Waals surface area contributed by atoms with Gasteiger partial charge in [0.2, 0.25) is 5.79 Å². The second-order valence-corrected chi connectivity index (χ2v) is 10.4. The van der Waals surface area contributed by atoms with Gasteiger partial charge in [0, 0.05) is 23.8 Å². The molecule has 1 spiro atoms. The smallest absolute Gasteiger partial charge is 0.324 e. The van der Waals surface area contributed by atoms with Crippen molar-refractivity contribution in [3.05, 3.63) is 36.0 Å². The molecule has 8 atom stereocenters. The van der Waals surface area contributed by atoms with Crippen LogP contribution in [0, 0.1) is 23.7 Å². The van der Waals surface area contributed by atoms with E-state index >= 15 is 0 Å². The van der Waals surface area contributed by atoms with Crippen LogP contribution < -0.4 is 0 Å². The van der Waals surface area contributed by atoms with Gasteiger partial charge in [0.05, 0.1) is 11.8 Å². The van der Waals surface area contributed by atoms with Crippen molar-refractivity contribution in [2.75, 3.05) is 0 Å². The lowest BCUT2D eigenvalue weighted by Gasteiger charge is -2.60. The quantitative estimate of drug-likeness (QED) is 0.542. The SMILES string of the molecule is C[C@H]1[C@H](n2cc(-c3ccccc3C(F)(F)F)nn2)O[C@@H]2O[C@@]3(C)CC[C@H]4[C@H](C)CC[C@@H]1[C@@]24OO3. The van der Waals surface area contributed by atoms with Crippen molar-refractivity contribution in [3.8, 4) is 11.3 Å². The van der Waals surface area contributed by atoms with Crippen molar-refractivity contribution < 1.29 is 32.4 Å². The number of aromatic nitrogens is 3. The minimum Gasteiger partial charge on any atom is -0.324 e.